The van der Waals surface area contributed by atoms with Gasteiger partial charge in [-0.15, -0.1) is 0 Å². The Morgan fingerprint density at radius 3 is 1.57 bits per heavy atom. The van der Waals surface area contributed by atoms with Crippen molar-refractivity contribution in [2.24, 2.45) is 0 Å². The molecule has 1 unspecified atom stereocenters. The molecule has 0 bridgehead atoms. The van der Waals surface area contributed by atoms with Crippen molar-refractivity contribution in [2.45, 2.75) is 129 Å². The number of hydrogen-bond donors (Lipinski definition) is 1. The average Bonchev–Trinajstić information content (AvgIpc) is 2.87. The predicted molar refractivity (Wildman–Crippen MR) is 152 cm³/mol. The summed E-state index contributed by atoms with van der Waals surface area (Å²) in [5, 5.41) is 9.44. The molecule has 0 aromatic heterocycles. The fourth-order valence-corrected chi connectivity index (χ4v) is 4.78. The molecule has 35 heavy (non-hydrogen) atoms. The number of benzene rings is 2. The largest absolute Gasteiger partial charge is 0.508 e. The molecule has 2 rings (SSSR count). The van der Waals surface area contributed by atoms with Gasteiger partial charge in [0.25, 0.3) is 0 Å². The Labute approximate surface area is 216 Å². The van der Waals surface area contributed by atoms with E-state index in [2.05, 4.69) is 38.1 Å². The summed E-state index contributed by atoms with van der Waals surface area (Å²) in [5.74, 6) is 0.311. The van der Waals surface area contributed by atoms with Crippen molar-refractivity contribution in [1.82, 2.24) is 0 Å². The van der Waals surface area contributed by atoms with Gasteiger partial charge in [0.05, 0.1) is 6.10 Å². The molecule has 2 heteroatoms. The van der Waals surface area contributed by atoms with Gasteiger partial charge in [-0.1, -0.05) is 127 Å². The normalized spacial score (nSPS) is 12.2. The van der Waals surface area contributed by atoms with Crippen molar-refractivity contribution in [2.75, 3.05) is 6.61 Å². The lowest BCUT2D eigenvalue weighted by Crippen LogP contribution is -2.09. The number of phenolic OH excluding ortho intramolecular Hbond substituents is 1. The molecule has 0 spiro atoms. The van der Waals surface area contributed by atoms with E-state index in [0.717, 1.165) is 25.0 Å². The quantitative estimate of drug-likeness (QED) is 0.180. The van der Waals surface area contributed by atoms with Crippen LogP contribution >= 0.6 is 0 Å². The van der Waals surface area contributed by atoms with Gasteiger partial charge in [-0.3, -0.25) is 0 Å². The molecule has 0 fully saturated rings. The van der Waals surface area contributed by atoms with Crippen LogP contribution in [0.25, 0.3) is 11.1 Å². The van der Waals surface area contributed by atoms with Crippen LogP contribution in [0.1, 0.15) is 122 Å². The van der Waals surface area contributed by atoms with E-state index in [4.69, 9.17) is 4.74 Å². The highest BCUT2D eigenvalue weighted by Crippen LogP contribution is 2.23. The van der Waals surface area contributed by atoms with Crippen LogP contribution in [-0.4, -0.2) is 17.8 Å². The summed E-state index contributed by atoms with van der Waals surface area (Å²) < 4.78 is 6.05. The molecular weight excluding hydrogens is 428 g/mol. The molecular formula is C33H52O2. The van der Waals surface area contributed by atoms with Gasteiger partial charge in [-0.2, -0.15) is 0 Å². The van der Waals surface area contributed by atoms with E-state index < -0.39 is 0 Å². The first-order chi connectivity index (χ1) is 17.2. The zero-order chi connectivity index (χ0) is 25.0. The fourth-order valence-electron chi connectivity index (χ4n) is 4.78. The second-order valence-electron chi connectivity index (χ2n) is 10.4. The van der Waals surface area contributed by atoms with Crippen molar-refractivity contribution in [3.8, 4) is 16.9 Å². The highest BCUT2D eigenvalue weighted by atomic mass is 16.5. The molecule has 2 aromatic carbocycles. The van der Waals surface area contributed by atoms with Gasteiger partial charge in [0.15, 0.2) is 0 Å². The Morgan fingerprint density at radius 1 is 0.600 bits per heavy atom. The molecule has 1 atom stereocenters. The van der Waals surface area contributed by atoms with Crippen LogP contribution in [-0.2, 0) is 11.2 Å². The Morgan fingerprint density at radius 2 is 1.06 bits per heavy atom. The van der Waals surface area contributed by atoms with Crippen molar-refractivity contribution < 1.29 is 9.84 Å². The second kappa shape index (κ2) is 19.4. The maximum atomic E-state index is 9.44. The topological polar surface area (TPSA) is 29.5 Å². The predicted octanol–water partition coefficient (Wildman–Crippen LogP) is 10.3. The summed E-state index contributed by atoms with van der Waals surface area (Å²) in [6.07, 6.45) is 23.3. The van der Waals surface area contributed by atoms with Gasteiger partial charge in [-0.05, 0) is 61.4 Å². The second-order valence-corrected chi connectivity index (χ2v) is 10.4. The monoisotopic (exact) mass is 480 g/mol. The molecule has 0 radical (unpaired) electrons. The lowest BCUT2D eigenvalue weighted by Gasteiger charge is -2.13. The van der Waals surface area contributed by atoms with Crippen LogP contribution in [0.15, 0.2) is 48.5 Å². The smallest absolute Gasteiger partial charge is 0.115 e. The molecule has 0 amide bonds. The third kappa shape index (κ3) is 14.4. The number of aromatic hydroxyl groups is 1. The molecule has 0 saturated carbocycles. The van der Waals surface area contributed by atoms with E-state index >= 15 is 0 Å². The van der Waals surface area contributed by atoms with Gasteiger partial charge in [0, 0.05) is 6.61 Å². The molecule has 0 saturated heterocycles. The molecule has 0 aliphatic rings. The lowest BCUT2D eigenvalue weighted by atomic mass is 10.0. The maximum Gasteiger partial charge on any atom is 0.115 e. The molecule has 2 aromatic rings. The number of ether oxygens (including phenoxy) is 1. The van der Waals surface area contributed by atoms with Crippen molar-refractivity contribution in [1.29, 1.82) is 0 Å². The third-order valence-corrected chi connectivity index (χ3v) is 7.13. The molecule has 1 N–H and O–H groups in total. The van der Waals surface area contributed by atoms with Crippen molar-refractivity contribution in [3.63, 3.8) is 0 Å². The third-order valence-electron chi connectivity index (χ3n) is 7.13. The Bertz CT molecular complexity index is 735. The van der Waals surface area contributed by atoms with Gasteiger partial charge in [0.1, 0.15) is 5.75 Å². The van der Waals surface area contributed by atoms with Crippen LogP contribution in [0.4, 0.5) is 0 Å². The minimum absolute atomic E-state index is 0.311. The minimum Gasteiger partial charge on any atom is -0.508 e. The average molecular weight is 481 g/mol. The summed E-state index contributed by atoms with van der Waals surface area (Å²) in [6, 6.07) is 16.2. The summed E-state index contributed by atoms with van der Waals surface area (Å²) in [6.45, 7) is 5.43. The van der Waals surface area contributed by atoms with E-state index in [-0.39, 0.29) is 0 Å². The summed E-state index contributed by atoms with van der Waals surface area (Å²) in [4.78, 5) is 0. The van der Waals surface area contributed by atoms with Crippen molar-refractivity contribution >= 4 is 0 Å². The first-order valence-corrected chi connectivity index (χ1v) is 14.7. The van der Waals surface area contributed by atoms with Gasteiger partial charge >= 0.3 is 0 Å². The number of aryl methyl sites for hydroxylation is 1. The van der Waals surface area contributed by atoms with Gasteiger partial charge < -0.3 is 9.84 Å². The number of phenols is 1. The first-order valence-electron chi connectivity index (χ1n) is 14.7. The first kappa shape index (κ1) is 29.4. The standard InChI is InChI=1S/C33H52O2/c1-3-4-5-6-7-8-9-10-11-12-13-14-15-16-28-35-29(2)18-17-19-30-20-22-31(23-21-30)32-24-26-33(34)27-25-32/h20-27,29,34H,3-19,28H2,1-2H3. The minimum atomic E-state index is 0.311. The SMILES string of the molecule is CCCCCCCCCCCCCCCCOC(C)CCCc1ccc(-c2ccc(O)cc2)cc1. The van der Waals surface area contributed by atoms with Crippen LogP contribution in [0.5, 0.6) is 5.75 Å². The highest BCUT2D eigenvalue weighted by Gasteiger charge is 2.04. The van der Waals surface area contributed by atoms with Gasteiger partial charge in [0.2, 0.25) is 0 Å². The number of rotatable bonds is 21. The Balaban J connectivity index is 1.39. The summed E-state index contributed by atoms with van der Waals surface area (Å²) in [5.41, 5.74) is 3.71. The van der Waals surface area contributed by atoms with Gasteiger partial charge in [-0.25, -0.2) is 0 Å². The van der Waals surface area contributed by atoms with Crippen LogP contribution in [0.2, 0.25) is 0 Å². The van der Waals surface area contributed by atoms with Crippen LogP contribution in [0, 0.1) is 0 Å². The molecule has 2 nitrogen and oxygen atoms in total. The van der Waals surface area contributed by atoms with E-state index in [1.54, 1.807) is 12.1 Å². The molecule has 0 heterocycles. The number of unbranched alkanes of at least 4 members (excludes halogenated alkanes) is 13. The zero-order valence-corrected chi connectivity index (χ0v) is 22.8. The lowest BCUT2D eigenvalue weighted by molar-refractivity contribution is 0.0562. The maximum absolute atomic E-state index is 9.44. The Hall–Kier alpha value is -1.80. The Kier molecular flexibility index (Phi) is 16.3. The molecule has 0 aliphatic heterocycles. The van der Waals surface area contributed by atoms with Crippen LogP contribution in [0.3, 0.4) is 0 Å². The van der Waals surface area contributed by atoms with E-state index in [1.165, 1.54) is 107 Å². The molecule has 196 valence electrons. The number of hydrogen-bond acceptors (Lipinski definition) is 2. The fraction of sp³-hybridized carbons (Fsp3) is 0.636. The van der Waals surface area contributed by atoms with Crippen molar-refractivity contribution in [3.05, 3.63) is 54.1 Å². The highest BCUT2D eigenvalue weighted by molar-refractivity contribution is 5.64. The van der Waals surface area contributed by atoms with E-state index in [0.29, 0.717) is 11.9 Å². The van der Waals surface area contributed by atoms with E-state index in [9.17, 15) is 5.11 Å². The van der Waals surface area contributed by atoms with Crippen LogP contribution < -0.4 is 0 Å². The zero-order valence-electron chi connectivity index (χ0n) is 22.8. The summed E-state index contributed by atoms with van der Waals surface area (Å²) in [7, 11) is 0. The molecule has 0 aliphatic carbocycles. The van der Waals surface area contributed by atoms with E-state index in [1.807, 2.05) is 12.1 Å². The summed E-state index contributed by atoms with van der Waals surface area (Å²) >= 11 is 0.